The van der Waals surface area contributed by atoms with E-state index in [2.05, 4.69) is 15.7 Å². The molecule has 5 rings (SSSR count). The van der Waals surface area contributed by atoms with Crippen LogP contribution >= 0.6 is 0 Å². The number of nitrogens with one attached hydrogen (secondary N) is 2. The maximum atomic E-state index is 14.3. The maximum absolute atomic E-state index is 14.3. The molecule has 2 N–H and O–H groups in total. The molecule has 10 heteroatoms. The molecule has 1 unspecified atom stereocenters. The van der Waals surface area contributed by atoms with Crippen molar-refractivity contribution >= 4 is 23.7 Å². The molecule has 0 bridgehead atoms. The minimum Gasteiger partial charge on any atom is -0.319 e. The highest BCUT2D eigenvalue weighted by Gasteiger charge is 2.51. The average Bonchev–Trinajstić information content (AvgIpc) is 3.55. The van der Waals surface area contributed by atoms with E-state index in [1.807, 2.05) is 30.3 Å². The van der Waals surface area contributed by atoms with Gasteiger partial charge in [-0.05, 0) is 50.1 Å². The minimum absolute atomic E-state index is 0.315. The van der Waals surface area contributed by atoms with E-state index in [4.69, 9.17) is 0 Å². The number of rotatable bonds is 6. The number of halogens is 2. The molecular weight excluding hydrogens is 444 g/mol. The average molecular weight is 465 g/mol. The van der Waals surface area contributed by atoms with E-state index in [0.29, 0.717) is 16.6 Å². The number of benzene rings is 2. The summed E-state index contributed by atoms with van der Waals surface area (Å²) in [5.41, 5.74) is -0.559. The Morgan fingerprint density at radius 1 is 1.15 bits per heavy atom. The quantitative estimate of drug-likeness (QED) is 0.545. The van der Waals surface area contributed by atoms with Crippen molar-refractivity contribution in [3.05, 3.63) is 77.5 Å². The number of hydrogen-bond acceptors (Lipinski definition) is 4. The predicted octanol–water partition coefficient (Wildman–Crippen LogP) is 3.43. The highest BCUT2D eigenvalue weighted by molar-refractivity contribution is 6.10. The second-order valence-electron chi connectivity index (χ2n) is 8.59. The van der Waals surface area contributed by atoms with Gasteiger partial charge in [0.1, 0.15) is 29.5 Å². The van der Waals surface area contributed by atoms with Gasteiger partial charge in [0.15, 0.2) is 0 Å². The summed E-state index contributed by atoms with van der Waals surface area (Å²) in [6.45, 7) is 0.672. The van der Waals surface area contributed by atoms with E-state index in [1.54, 1.807) is 10.7 Å². The van der Waals surface area contributed by atoms with E-state index in [1.165, 1.54) is 6.92 Å². The number of amides is 4. The molecule has 1 aromatic heterocycles. The molecule has 1 aliphatic heterocycles. The number of carbonyl (C=O) groups is 3. The van der Waals surface area contributed by atoms with Gasteiger partial charge in [0.05, 0.1) is 11.4 Å². The Kier molecular flexibility index (Phi) is 5.15. The number of urea groups is 1. The fourth-order valence-electron chi connectivity index (χ4n) is 4.06. The zero-order valence-electron chi connectivity index (χ0n) is 18.2. The summed E-state index contributed by atoms with van der Waals surface area (Å²) in [5, 5.41) is 9.71. The monoisotopic (exact) mass is 465 g/mol. The maximum Gasteiger partial charge on any atom is 0.325 e. The molecule has 1 saturated heterocycles. The van der Waals surface area contributed by atoms with Gasteiger partial charge in [0, 0.05) is 17.5 Å². The first-order valence-electron chi connectivity index (χ1n) is 10.8. The zero-order chi connectivity index (χ0) is 24.0. The molecule has 2 aromatic carbocycles. The first-order chi connectivity index (χ1) is 16.3. The fourth-order valence-corrected chi connectivity index (χ4v) is 4.06. The van der Waals surface area contributed by atoms with Gasteiger partial charge in [0.25, 0.3) is 5.91 Å². The van der Waals surface area contributed by atoms with Crippen molar-refractivity contribution in [2.45, 2.75) is 31.2 Å². The third-order valence-electron chi connectivity index (χ3n) is 6.04. The Bertz CT molecular complexity index is 1310. The normalized spacial score (nSPS) is 19.9. The summed E-state index contributed by atoms with van der Waals surface area (Å²) >= 11 is 0. The van der Waals surface area contributed by atoms with Crippen LogP contribution in [-0.2, 0) is 15.1 Å². The summed E-state index contributed by atoms with van der Waals surface area (Å²) in [6.07, 6.45) is 2.05. The Morgan fingerprint density at radius 2 is 1.88 bits per heavy atom. The molecule has 34 heavy (non-hydrogen) atoms. The van der Waals surface area contributed by atoms with Crippen LogP contribution in [0.1, 0.15) is 36.9 Å². The molecule has 0 radical (unpaired) electrons. The van der Waals surface area contributed by atoms with Gasteiger partial charge >= 0.3 is 6.03 Å². The van der Waals surface area contributed by atoms with E-state index in [0.717, 1.165) is 42.4 Å². The van der Waals surface area contributed by atoms with Crippen LogP contribution < -0.4 is 10.6 Å². The molecule has 1 atom stereocenters. The molecule has 3 aromatic rings. The number of nitrogens with zero attached hydrogens (tertiary/aromatic N) is 3. The van der Waals surface area contributed by atoms with Crippen LogP contribution in [0.4, 0.5) is 19.4 Å². The van der Waals surface area contributed by atoms with Gasteiger partial charge < -0.3 is 10.6 Å². The van der Waals surface area contributed by atoms with Crippen molar-refractivity contribution < 1.29 is 23.2 Å². The molecule has 0 spiro atoms. The lowest BCUT2D eigenvalue weighted by molar-refractivity contribution is -0.133. The van der Waals surface area contributed by atoms with Crippen LogP contribution in [0.15, 0.2) is 54.6 Å². The summed E-state index contributed by atoms with van der Waals surface area (Å²) in [4.78, 5) is 39.1. The van der Waals surface area contributed by atoms with Crippen molar-refractivity contribution in [3.8, 4) is 5.69 Å². The number of para-hydroxylation sites is 1. The SMILES string of the molecule is CC1(c2cc(F)ccc2F)NC(=O)N(CC(=O)Nc2cc(C3CC3)nn2-c2ccccc2)C1=O. The van der Waals surface area contributed by atoms with Crippen LogP contribution in [0.3, 0.4) is 0 Å². The summed E-state index contributed by atoms with van der Waals surface area (Å²) < 4.78 is 29.7. The molecule has 2 heterocycles. The van der Waals surface area contributed by atoms with Gasteiger partial charge in [-0.3, -0.25) is 14.5 Å². The van der Waals surface area contributed by atoms with Gasteiger partial charge in [-0.25, -0.2) is 18.3 Å². The standard InChI is InChI=1S/C24H21F2N5O3/c1-24(17-11-15(25)9-10-18(17)26)22(33)30(23(34)28-24)13-21(32)27-20-12-19(14-7-8-14)29-31(20)16-5-3-2-4-6-16/h2-6,9-12,14H,7-8,13H2,1H3,(H,27,32)(H,28,34). The molecule has 174 valence electrons. The number of imide groups is 1. The second kappa shape index (κ2) is 8.05. The Labute approximate surface area is 193 Å². The molecule has 4 amide bonds. The van der Waals surface area contributed by atoms with E-state index in [-0.39, 0.29) is 5.56 Å². The third-order valence-corrected chi connectivity index (χ3v) is 6.04. The van der Waals surface area contributed by atoms with Crippen LogP contribution in [0.5, 0.6) is 0 Å². The Morgan fingerprint density at radius 3 is 2.59 bits per heavy atom. The lowest BCUT2D eigenvalue weighted by atomic mass is 9.91. The zero-order valence-corrected chi connectivity index (χ0v) is 18.2. The molecule has 8 nitrogen and oxygen atoms in total. The van der Waals surface area contributed by atoms with Crippen LogP contribution in [-0.4, -0.2) is 39.1 Å². The molecule has 2 fully saturated rings. The first-order valence-corrected chi connectivity index (χ1v) is 10.8. The Hall–Kier alpha value is -4.08. The number of hydrogen-bond donors (Lipinski definition) is 2. The van der Waals surface area contributed by atoms with Crippen molar-refractivity contribution in [1.29, 1.82) is 0 Å². The van der Waals surface area contributed by atoms with Crippen LogP contribution in [0.2, 0.25) is 0 Å². The summed E-state index contributed by atoms with van der Waals surface area (Å²) in [6, 6.07) is 12.8. The van der Waals surface area contributed by atoms with Crippen molar-refractivity contribution in [2.75, 3.05) is 11.9 Å². The van der Waals surface area contributed by atoms with Gasteiger partial charge in [0.2, 0.25) is 5.91 Å². The molecule has 1 aliphatic carbocycles. The van der Waals surface area contributed by atoms with Crippen molar-refractivity contribution in [3.63, 3.8) is 0 Å². The smallest absolute Gasteiger partial charge is 0.319 e. The van der Waals surface area contributed by atoms with Gasteiger partial charge in [-0.2, -0.15) is 5.10 Å². The van der Waals surface area contributed by atoms with E-state index in [9.17, 15) is 23.2 Å². The second-order valence-corrected chi connectivity index (χ2v) is 8.59. The highest BCUT2D eigenvalue weighted by atomic mass is 19.1. The summed E-state index contributed by atoms with van der Waals surface area (Å²) in [7, 11) is 0. The lowest BCUT2D eigenvalue weighted by Crippen LogP contribution is -2.42. The molecule has 2 aliphatic rings. The van der Waals surface area contributed by atoms with Gasteiger partial charge in [-0.15, -0.1) is 0 Å². The number of aromatic nitrogens is 2. The van der Waals surface area contributed by atoms with E-state index < -0.39 is 41.6 Å². The van der Waals surface area contributed by atoms with Crippen molar-refractivity contribution in [2.24, 2.45) is 0 Å². The predicted molar refractivity (Wildman–Crippen MR) is 118 cm³/mol. The van der Waals surface area contributed by atoms with Crippen molar-refractivity contribution in [1.82, 2.24) is 20.0 Å². The first kappa shape index (κ1) is 21.7. The number of anilines is 1. The largest absolute Gasteiger partial charge is 0.325 e. The number of carbonyl (C=O) groups excluding carboxylic acids is 3. The molecular formula is C24H21F2N5O3. The lowest BCUT2D eigenvalue weighted by Gasteiger charge is -2.22. The summed E-state index contributed by atoms with van der Waals surface area (Å²) in [5.74, 6) is -2.34. The van der Waals surface area contributed by atoms with Crippen LogP contribution in [0.25, 0.3) is 5.69 Å². The van der Waals surface area contributed by atoms with E-state index >= 15 is 0 Å². The third kappa shape index (κ3) is 3.81. The highest BCUT2D eigenvalue weighted by Crippen LogP contribution is 2.40. The topological polar surface area (TPSA) is 96.3 Å². The minimum atomic E-state index is -1.84. The fraction of sp³-hybridized carbons (Fsp3) is 0.250. The Balaban J connectivity index is 1.37. The molecule has 1 saturated carbocycles. The van der Waals surface area contributed by atoms with Crippen LogP contribution in [0, 0.1) is 11.6 Å². The van der Waals surface area contributed by atoms with Gasteiger partial charge in [-0.1, -0.05) is 18.2 Å².